The van der Waals surface area contributed by atoms with Crippen LogP contribution in [-0.2, 0) is 12.0 Å². The number of hydrogen-bond donors (Lipinski definition) is 1. The van der Waals surface area contributed by atoms with Crippen LogP contribution >= 0.6 is 0 Å². The minimum atomic E-state index is -1.62. The monoisotopic (exact) mass is 392 g/mol. The summed E-state index contributed by atoms with van der Waals surface area (Å²) in [5.41, 5.74) is 0.748. The van der Waals surface area contributed by atoms with Crippen LogP contribution in [0.2, 0.25) is 0 Å². The number of methoxy groups -OCH3 is 1. The average molecular weight is 392 g/mol. The molecular formula is C23H24N2O4. The lowest BCUT2D eigenvalue weighted by atomic mass is 9.65. The van der Waals surface area contributed by atoms with E-state index in [0.29, 0.717) is 11.3 Å². The molecule has 150 valence electrons. The van der Waals surface area contributed by atoms with E-state index in [-0.39, 0.29) is 23.7 Å². The highest BCUT2D eigenvalue weighted by atomic mass is 16.5. The zero-order valence-corrected chi connectivity index (χ0v) is 16.6. The number of ketones is 1. The Balaban J connectivity index is 1.61. The van der Waals surface area contributed by atoms with Crippen molar-refractivity contribution in [1.29, 1.82) is 0 Å². The maximum atomic E-state index is 13.1. The standard InChI is InChI=1S/C23H24N2O4/c1-25-11-9-22-7-8-23(27,21(26)15-4-3-10-24-13-15)12-18(22)29-20-17(28-2)6-5-16(14-25)19(20)22/h3-8,10,13,18,27H,9,11-12,14H2,1-2H3/t18-,22-,23-/m0/s1. The van der Waals surface area contributed by atoms with Crippen LogP contribution in [0.25, 0.3) is 0 Å². The van der Waals surface area contributed by atoms with Crippen LogP contribution < -0.4 is 9.47 Å². The van der Waals surface area contributed by atoms with Crippen molar-refractivity contribution in [2.24, 2.45) is 0 Å². The number of benzene rings is 1. The summed E-state index contributed by atoms with van der Waals surface area (Å²) in [5.74, 6) is 1.08. The van der Waals surface area contributed by atoms with Gasteiger partial charge in [-0.15, -0.1) is 0 Å². The first-order chi connectivity index (χ1) is 14.0. The average Bonchev–Trinajstić information content (AvgIpc) is 2.99. The normalized spacial score (nSPS) is 30.1. The smallest absolute Gasteiger partial charge is 0.199 e. The summed E-state index contributed by atoms with van der Waals surface area (Å²) in [6, 6.07) is 7.42. The van der Waals surface area contributed by atoms with E-state index in [2.05, 4.69) is 23.0 Å². The molecule has 1 aliphatic carbocycles. The largest absolute Gasteiger partial charge is 0.493 e. The van der Waals surface area contributed by atoms with Crippen LogP contribution in [0.1, 0.15) is 34.3 Å². The van der Waals surface area contributed by atoms with E-state index in [1.807, 2.05) is 12.1 Å². The topological polar surface area (TPSA) is 71.9 Å². The number of nitrogens with zero attached hydrogens (tertiary/aromatic N) is 2. The number of hydrogen-bond acceptors (Lipinski definition) is 6. The molecule has 3 atom stereocenters. The summed E-state index contributed by atoms with van der Waals surface area (Å²) >= 11 is 0. The van der Waals surface area contributed by atoms with Crippen molar-refractivity contribution in [3.8, 4) is 11.5 Å². The van der Waals surface area contributed by atoms with E-state index < -0.39 is 5.60 Å². The Hall–Kier alpha value is -2.70. The highest BCUT2D eigenvalue weighted by Crippen LogP contribution is 2.56. The number of carbonyl (C=O) groups is 1. The Labute approximate surface area is 169 Å². The third-order valence-corrected chi connectivity index (χ3v) is 6.55. The van der Waals surface area contributed by atoms with Gasteiger partial charge in [-0.1, -0.05) is 12.1 Å². The molecule has 2 aromatic rings. The molecular weight excluding hydrogens is 368 g/mol. The molecule has 1 N–H and O–H groups in total. The summed E-state index contributed by atoms with van der Waals surface area (Å²) in [6.07, 6.45) is 7.49. The molecule has 0 saturated heterocycles. The van der Waals surface area contributed by atoms with Crippen molar-refractivity contribution in [1.82, 2.24) is 9.88 Å². The summed E-state index contributed by atoms with van der Waals surface area (Å²) < 4.78 is 12.0. The van der Waals surface area contributed by atoms with Gasteiger partial charge in [0.25, 0.3) is 0 Å². The zero-order valence-electron chi connectivity index (χ0n) is 16.6. The second kappa shape index (κ2) is 6.40. The molecule has 0 fully saturated rings. The quantitative estimate of drug-likeness (QED) is 0.639. The van der Waals surface area contributed by atoms with E-state index in [0.717, 1.165) is 30.8 Å². The lowest BCUT2D eigenvalue weighted by molar-refractivity contribution is 0.0147. The van der Waals surface area contributed by atoms with Crippen LogP contribution in [0, 0.1) is 0 Å². The number of aromatic nitrogens is 1. The molecule has 0 amide bonds. The van der Waals surface area contributed by atoms with Crippen molar-refractivity contribution < 1.29 is 19.4 Å². The zero-order chi connectivity index (χ0) is 20.2. The maximum absolute atomic E-state index is 13.1. The fourth-order valence-corrected chi connectivity index (χ4v) is 5.01. The first-order valence-corrected chi connectivity index (χ1v) is 9.90. The molecule has 1 aromatic heterocycles. The van der Waals surface area contributed by atoms with Gasteiger partial charge in [-0.3, -0.25) is 9.78 Å². The highest BCUT2D eigenvalue weighted by molar-refractivity contribution is 6.03. The Morgan fingerprint density at radius 3 is 2.97 bits per heavy atom. The number of pyridine rings is 1. The van der Waals surface area contributed by atoms with E-state index in [1.54, 1.807) is 31.5 Å². The lowest BCUT2D eigenvalue weighted by Gasteiger charge is -2.40. The van der Waals surface area contributed by atoms with Crippen molar-refractivity contribution in [2.75, 3.05) is 20.7 Å². The molecule has 2 aliphatic heterocycles. The number of Topliss-reactive ketones (excluding diaryl/α,β-unsaturated/α-hetero) is 1. The molecule has 29 heavy (non-hydrogen) atoms. The van der Waals surface area contributed by atoms with Gasteiger partial charge >= 0.3 is 0 Å². The van der Waals surface area contributed by atoms with Gasteiger partial charge in [-0.05, 0) is 49.9 Å². The molecule has 1 aromatic carbocycles. The lowest BCUT2D eigenvalue weighted by Crippen LogP contribution is -2.51. The molecule has 6 heteroatoms. The third-order valence-electron chi connectivity index (χ3n) is 6.55. The van der Waals surface area contributed by atoms with Crippen LogP contribution in [-0.4, -0.2) is 53.2 Å². The fourth-order valence-electron chi connectivity index (χ4n) is 5.01. The van der Waals surface area contributed by atoms with Crippen LogP contribution in [0.15, 0.2) is 48.8 Å². The first-order valence-electron chi connectivity index (χ1n) is 9.90. The number of aliphatic hydroxyl groups is 1. The van der Waals surface area contributed by atoms with Gasteiger partial charge in [0, 0.05) is 36.5 Å². The van der Waals surface area contributed by atoms with E-state index in [4.69, 9.17) is 9.47 Å². The van der Waals surface area contributed by atoms with E-state index in [1.165, 1.54) is 11.8 Å². The van der Waals surface area contributed by atoms with Gasteiger partial charge in [0.05, 0.1) is 12.5 Å². The Morgan fingerprint density at radius 2 is 2.21 bits per heavy atom. The number of carbonyl (C=O) groups excluding carboxylic acids is 1. The predicted octanol–water partition coefficient (Wildman–Crippen LogP) is 2.50. The Kier molecular flexibility index (Phi) is 4.05. The predicted molar refractivity (Wildman–Crippen MR) is 107 cm³/mol. The summed E-state index contributed by atoms with van der Waals surface area (Å²) in [5, 5.41) is 11.3. The first kappa shape index (κ1) is 18.3. The molecule has 0 unspecified atom stereocenters. The van der Waals surface area contributed by atoms with Crippen LogP contribution in [0.5, 0.6) is 11.5 Å². The van der Waals surface area contributed by atoms with Gasteiger partial charge < -0.3 is 19.5 Å². The molecule has 3 heterocycles. The molecule has 0 radical (unpaired) electrons. The third kappa shape index (κ3) is 2.63. The maximum Gasteiger partial charge on any atom is 0.199 e. The van der Waals surface area contributed by atoms with Gasteiger partial charge in [-0.25, -0.2) is 0 Å². The Bertz CT molecular complexity index is 1010. The van der Waals surface area contributed by atoms with Gasteiger partial charge in [0.15, 0.2) is 17.3 Å². The molecule has 0 saturated carbocycles. The highest BCUT2D eigenvalue weighted by Gasteiger charge is 2.56. The number of ether oxygens (including phenoxy) is 2. The molecule has 1 spiro atoms. The molecule has 3 aliphatic rings. The van der Waals surface area contributed by atoms with Crippen molar-refractivity contribution in [3.05, 3.63) is 65.5 Å². The van der Waals surface area contributed by atoms with Gasteiger partial charge in [0.1, 0.15) is 11.7 Å². The van der Waals surface area contributed by atoms with E-state index in [9.17, 15) is 9.90 Å². The van der Waals surface area contributed by atoms with Crippen molar-refractivity contribution >= 4 is 5.78 Å². The summed E-state index contributed by atoms with van der Waals surface area (Å²) in [7, 11) is 3.75. The van der Waals surface area contributed by atoms with Crippen LogP contribution in [0.3, 0.4) is 0 Å². The van der Waals surface area contributed by atoms with Crippen LogP contribution in [0.4, 0.5) is 0 Å². The Morgan fingerprint density at radius 1 is 1.34 bits per heavy atom. The fraction of sp³-hybridized carbons (Fsp3) is 0.391. The minimum Gasteiger partial charge on any atom is -0.493 e. The van der Waals surface area contributed by atoms with Gasteiger partial charge in [0.2, 0.25) is 0 Å². The second-order valence-corrected chi connectivity index (χ2v) is 8.30. The summed E-state index contributed by atoms with van der Waals surface area (Å²) in [4.78, 5) is 19.4. The van der Waals surface area contributed by atoms with Gasteiger partial charge in [-0.2, -0.15) is 0 Å². The SMILES string of the molecule is COc1ccc2c3c1O[C@H]1C[C@](O)(C(=O)c4cccnc4)C=C[C@@]31CCN(C)C2. The molecule has 6 nitrogen and oxygen atoms in total. The number of rotatable bonds is 3. The second-order valence-electron chi connectivity index (χ2n) is 8.30. The van der Waals surface area contributed by atoms with Crippen molar-refractivity contribution in [3.63, 3.8) is 0 Å². The molecule has 5 rings (SSSR count). The molecule has 0 bridgehead atoms. The summed E-state index contributed by atoms with van der Waals surface area (Å²) in [6.45, 7) is 1.73. The van der Waals surface area contributed by atoms with Crippen molar-refractivity contribution in [2.45, 2.75) is 36.5 Å². The van der Waals surface area contributed by atoms with E-state index >= 15 is 0 Å². The minimum absolute atomic E-state index is 0.193.